The van der Waals surface area contributed by atoms with Crippen LogP contribution in [0.2, 0.25) is 0 Å². The van der Waals surface area contributed by atoms with E-state index in [9.17, 15) is 19.2 Å². The molecule has 168 valence electrons. The molecule has 1 saturated heterocycles. The fourth-order valence-corrected chi connectivity index (χ4v) is 3.16. The highest BCUT2D eigenvalue weighted by Crippen LogP contribution is 2.23. The molecule has 0 radical (unpaired) electrons. The SMILES string of the molecule is CC(C)(C)OC(=O)NC(CCCC1OCCO1)C(=O)ON1C(=O)c2ccccc2C1=O. The molecule has 2 aliphatic rings. The van der Waals surface area contributed by atoms with Crippen LogP contribution in [0.25, 0.3) is 0 Å². The van der Waals surface area contributed by atoms with E-state index in [2.05, 4.69) is 5.32 Å². The zero-order valence-electron chi connectivity index (χ0n) is 17.7. The maximum Gasteiger partial charge on any atom is 0.408 e. The van der Waals surface area contributed by atoms with Gasteiger partial charge in [-0.2, -0.15) is 0 Å². The first kappa shape index (κ1) is 22.7. The van der Waals surface area contributed by atoms with Gasteiger partial charge in [-0.05, 0) is 52.2 Å². The quantitative estimate of drug-likeness (QED) is 0.649. The molecular weight excluding hydrogens is 408 g/mol. The molecule has 3 rings (SSSR count). The molecule has 10 heteroatoms. The molecule has 1 aromatic rings. The number of nitrogens with zero attached hydrogens (tertiary/aromatic N) is 1. The Morgan fingerprint density at radius 1 is 1.13 bits per heavy atom. The first-order valence-electron chi connectivity index (χ1n) is 10.1. The van der Waals surface area contributed by atoms with E-state index in [-0.39, 0.29) is 23.8 Å². The Morgan fingerprint density at radius 2 is 1.71 bits per heavy atom. The molecule has 3 amide bonds. The van der Waals surface area contributed by atoms with Crippen molar-refractivity contribution in [3.05, 3.63) is 35.4 Å². The summed E-state index contributed by atoms with van der Waals surface area (Å²) in [6.45, 7) is 6.08. The Labute approximate surface area is 179 Å². The summed E-state index contributed by atoms with van der Waals surface area (Å²) in [4.78, 5) is 55.0. The molecular formula is C21H26N2O8. The predicted molar refractivity (Wildman–Crippen MR) is 106 cm³/mol. The van der Waals surface area contributed by atoms with Gasteiger partial charge in [-0.1, -0.05) is 17.2 Å². The zero-order chi connectivity index (χ0) is 22.6. The summed E-state index contributed by atoms with van der Waals surface area (Å²) in [5.41, 5.74) is -0.480. The van der Waals surface area contributed by atoms with Gasteiger partial charge in [-0.15, -0.1) is 0 Å². The molecule has 0 bridgehead atoms. The second-order valence-corrected chi connectivity index (χ2v) is 8.16. The maximum absolute atomic E-state index is 12.8. The molecule has 0 aliphatic carbocycles. The van der Waals surface area contributed by atoms with E-state index in [1.807, 2.05) is 0 Å². The molecule has 2 heterocycles. The van der Waals surface area contributed by atoms with Crippen LogP contribution in [-0.4, -0.2) is 60.1 Å². The number of amides is 3. The summed E-state index contributed by atoms with van der Waals surface area (Å²) in [7, 11) is 0. The lowest BCUT2D eigenvalue weighted by Crippen LogP contribution is -2.47. The second-order valence-electron chi connectivity index (χ2n) is 8.16. The van der Waals surface area contributed by atoms with Gasteiger partial charge in [0.1, 0.15) is 11.6 Å². The Kier molecular flexibility index (Phi) is 6.91. The maximum atomic E-state index is 12.8. The highest BCUT2D eigenvalue weighted by Gasteiger charge is 2.40. The zero-order valence-corrected chi connectivity index (χ0v) is 17.7. The van der Waals surface area contributed by atoms with Crippen LogP contribution in [0.3, 0.4) is 0 Å². The van der Waals surface area contributed by atoms with Crippen LogP contribution in [0.1, 0.15) is 60.7 Å². The van der Waals surface area contributed by atoms with E-state index >= 15 is 0 Å². The van der Waals surface area contributed by atoms with Crippen LogP contribution >= 0.6 is 0 Å². The average molecular weight is 434 g/mol. The number of carbonyl (C=O) groups is 4. The molecule has 31 heavy (non-hydrogen) atoms. The molecule has 0 aromatic heterocycles. The average Bonchev–Trinajstić information content (AvgIpc) is 3.29. The third-order valence-electron chi connectivity index (χ3n) is 4.54. The summed E-state index contributed by atoms with van der Waals surface area (Å²) < 4.78 is 15.9. The summed E-state index contributed by atoms with van der Waals surface area (Å²) in [5, 5.41) is 2.87. The summed E-state index contributed by atoms with van der Waals surface area (Å²) in [5.74, 6) is -2.43. The van der Waals surface area contributed by atoms with Crippen molar-refractivity contribution in [1.29, 1.82) is 0 Å². The first-order valence-corrected chi connectivity index (χ1v) is 10.1. The highest BCUT2D eigenvalue weighted by atomic mass is 16.7. The van der Waals surface area contributed by atoms with E-state index in [4.69, 9.17) is 19.0 Å². The topological polar surface area (TPSA) is 120 Å². The number of imide groups is 1. The molecule has 10 nitrogen and oxygen atoms in total. The Balaban J connectivity index is 1.65. The lowest BCUT2D eigenvalue weighted by atomic mass is 10.1. The summed E-state index contributed by atoms with van der Waals surface area (Å²) in [6, 6.07) is 5.02. The van der Waals surface area contributed by atoms with Gasteiger partial charge < -0.3 is 24.4 Å². The lowest BCUT2D eigenvalue weighted by Gasteiger charge is -2.24. The molecule has 1 unspecified atom stereocenters. The number of benzene rings is 1. The van der Waals surface area contributed by atoms with Crippen LogP contribution in [0.15, 0.2) is 24.3 Å². The van der Waals surface area contributed by atoms with Crippen LogP contribution in [0, 0.1) is 0 Å². The van der Waals surface area contributed by atoms with Crippen LogP contribution < -0.4 is 5.32 Å². The number of alkyl carbamates (subject to hydrolysis) is 1. The van der Waals surface area contributed by atoms with Gasteiger partial charge in [-0.3, -0.25) is 9.59 Å². The van der Waals surface area contributed by atoms with Gasteiger partial charge in [-0.25, -0.2) is 9.59 Å². The minimum atomic E-state index is -1.14. The number of rotatable bonds is 7. The van der Waals surface area contributed by atoms with Crippen LogP contribution in [-0.2, 0) is 23.8 Å². The van der Waals surface area contributed by atoms with E-state index in [0.717, 1.165) is 0 Å². The highest BCUT2D eigenvalue weighted by molar-refractivity contribution is 6.20. The smallest absolute Gasteiger partial charge is 0.408 e. The molecule has 1 aromatic carbocycles. The van der Waals surface area contributed by atoms with Gasteiger partial charge in [0.15, 0.2) is 6.29 Å². The van der Waals surface area contributed by atoms with Gasteiger partial charge in [0.2, 0.25) is 0 Å². The predicted octanol–water partition coefficient (Wildman–Crippen LogP) is 2.18. The minimum absolute atomic E-state index is 0.146. The van der Waals surface area contributed by atoms with E-state index in [0.29, 0.717) is 31.1 Å². The number of nitrogens with one attached hydrogen (secondary N) is 1. The molecule has 1 N–H and O–H groups in total. The fourth-order valence-electron chi connectivity index (χ4n) is 3.16. The third-order valence-corrected chi connectivity index (χ3v) is 4.54. The first-order chi connectivity index (χ1) is 14.7. The number of fused-ring (bicyclic) bond motifs is 1. The monoisotopic (exact) mass is 434 g/mol. The molecule has 1 fully saturated rings. The van der Waals surface area contributed by atoms with Crippen LogP contribution in [0.5, 0.6) is 0 Å². The van der Waals surface area contributed by atoms with Crippen molar-refractivity contribution < 1.29 is 38.2 Å². The third kappa shape index (κ3) is 5.80. The van der Waals surface area contributed by atoms with Crippen molar-refractivity contribution in [3.63, 3.8) is 0 Å². The normalized spacial score (nSPS) is 17.5. The van der Waals surface area contributed by atoms with Gasteiger partial charge in [0.05, 0.1) is 24.3 Å². The molecule has 0 spiro atoms. The molecule has 1 atom stereocenters. The van der Waals surface area contributed by atoms with Crippen molar-refractivity contribution in [2.45, 2.75) is 58.0 Å². The Hall–Kier alpha value is -2.98. The lowest BCUT2D eigenvalue weighted by molar-refractivity contribution is -0.171. The van der Waals surface area contributed by atoms with Crippen molar-refractivity contribution in [2.24, 2.45) is 0 Å². The number of hydrogen-bond acceptors (Lipinski definition) is 8. The van der Waals surface area contributed by atoms with E-state index in [1.165, 1.54) is 12.1 Å². The van der Waals surface area contributed by atoms with Crippen molar-refractivity contribution in [1.82, 2.24) is 10.4 Å². The number of carbonyl (C=O) groups excluding carboxylic acids is 4. The number of ether oxygens (including phenoxy) is 3. The van der Waals surface area contributed by atoms with Gasteiger partial charge in [0, 0.05) is 0 Å². The Bertz CT molecular complexity index is 822. The van der Waals surface area contributed by atoms with Crippen molar-refractivity contribution in [3.8, 4) is 0 Å². The van der Waals surface area contributed by atoms with Gasteiger partial charge in [0.25, 0.3) is 11.8 Å². The molecule has 2 aliphatic heterocycles. The second kappa shape index (κ2) is 9.44. The standard InChI is InChI=1S/C21H26N2O8/c1-21(2,3)30-20(27)22-15(9-6-10-16-28-11-12-29-16)19(26)31-23-17(24)13-7-4-5-8-14(13)18(23)25/h4-5,7-8,15-16H,6,9-12H2,1-3H3,(H,22,27). The summed E-state index contributed by atoms with van der Waals surface area (Å²) in [6.07, 6.45) is -0.0424. The van der Waals surface area contributed by atoms with Crippen molar-refractivity contribution in [2.75, 3.05) is 13.2 Å². The van der Waals surface area contributed by atoms with Gasteiger partial charge >= 0.3 is 12.1 Å². The van der Waals surface area contributed by atoms with E-state index in [1.54, 1.807) is 32.9 Å². The van der Waals surface area contributed by atoms with Crippen LogP contribution in [0.4, 0.5) is 4.79 Å². The number of hydrogen-bond donors (Lipinski definition) is 1. The molecule has 0 saturated carbocycles. The van der Waals surface area contributed by atoms with E-state index < -0.39 is 35.5 Å². The number of hydroxylamine groups is 2. The fraction of sp³-hybridized carbons (Fsp3) is 0.524. The largest absolute Gasteiger partial charge is 0.444 e. The minimum Gasteiger partial charge on any atom is -0.444 e. The Morgan fingerprint density at radius 3 is 2.26 bits per heavy atom. The van der Waals surface area contributed by atoms with Crippen molar-refractivity contribution >= 4 is 23.9 Å². The summed E-state index contributed by atoms with van der Waals surface area (Å²) >= 11 is 0.